The predicted octanol–water partition coefficient (Wildman–Crippen LogP) is 4.82. The fourth-order valence-corrected chi connectivity index (χ4v) is 4.83. The van der Waals surface area contributed by atoms with Gasteiger partial charge in [0.2, 0.25) is 0 Å². The third kappa shape index (κ3) is 5.45. The number of nitrogens with zero attached hydrogens (tertiary/aromatic N) is 3. The van der Waals surface area contributed by atoms with E-state index in [1.165, 1.54) is 5.56 Å². The molecule has 6 nitrogen and oxygen atoms in total. The molecule has 5 rings (SSSR count). The maximum atomic E-state index is 13.7. The average molecular weight is 484 g/mol. The number of hydrogen-bond donors (Lipinski definition) is 0. The monoisotopic (exact) mass is 483 g/mol. The molecule has 1 aliphatic rings. The van der Waals surface area contributed by atoms with Crippen molar-refractivity contribution in [1.82, 2.24) is 14.4 Å². The van der Waals surface area contributed by atoms with Crippen LogP contribution in [0.15, 0.2) is 84.9 Å². The van der Waals surface area contributed by atoms with Crippen molar-refractivity contribution < 1.29 is 14.3 Å². The van der Waals surface area contributed by atoms with E-state index in [1.54, 1.807) is 7.11 Å². The molecule has 1 amide bonds. The van der Waals surface area contributed by atoms with E-state index >= 15 is 0 Å². The Bertz CT molecular complexity index is 1280. The van der Waals surface area contributed by atoms with Crippen molar-refractivity contribution in [1.29, 1.82) is 0 Å². The summed E-state index contributed by atoms with van der Waals surface area (Å²) in [5.41, 5.74) is 4.09. The summed E-state index contributed by atoms with van der Waals surface area (Å²) in [7, 11) is 1.69. The molecule has 1 aliphatic heterocycles. The number of carbonyl (C=O) groups excluding carboxylic acids is 1. The van der Waals surface area contributed by atoms with Crippen LogP contribution in [0.25, 0.3) is 10.9 Å². The first kappa shape index (κ1) is 24.1. The lowest BCUT2D eigenvalue weighted by Gasteiger charge is -2.35. The minimum atomic E-state index is 0.0654. The van der Waals surface area contributed by atoms with Crippen molar-refractivity contribution in [3.05, 3.63) is 102 Å². The Morgan fingerprint density at radius 2 is 1.53 bits per heavy atom. The summed E-state index contributed by atoms with van der Waals surface area (Å²) in [6, 6.07) is 28.6. The van der Waals surface area contributed by atoms with E-state index in [4.69, 9.17) is 9.47 Å². The van der Waals surface area contributed by atoms with Crippen molar-refractivity contribution in [2.24, 2.45) is 0 Å². The summed E-state index contributed by atoms with van der Waals surface area (Å²) in [5.74, 6) is 0.852. The second kappa shape index (κ2) is 11.4. The average Bonchev–Trinajstić information content (AvgIpc) is 3.31. The molecule has 1 saturated heterocycles. The number of ether oxygens (including phenoxy) is 2. The van der Waals surface area contributed by atoms with E-state index < -0.39 is 0 Å². The first-order valence-corrected chi connectivity index (χ1v) is 12.6. The van der Waals surface area contributed by atoms with Crippen molar-refractivity contribution in [3.8, 4) is 5.75 Å². The Labute approximate surface area is 212 Å². The Morgan fingerprint density at radius 3 is 2.22 bits per heavy atom. The fraction of sp³-hybridized carbons (Fsp3) is 0.300. The molecule has 0 unspecified atom stereocenters. The zero-order valence-electron chi connectivity index (χ0n) is 20.8. The van der Waals surface area contributed by atoms with Crippen LogP contribution in [0.1, 0.15) is 21.6 Å². The molecule has 4 aromatic rings. The molecule has 1 fully saturated rings. The molecule has 0 atom stereocenters. The van der Waals surface area contributed by atoms with Crippen LogP contribution in [0.4, 0.5) is 0 Å². The van der Waals surface area contributed by atoms with Gasteiger partial charge in [0.15, 0.2) is 0 Å². The molecule has 0 N–H and O–H groups in total. The highest BCUT2D eigenvalue weighted by Gasteiger charge is 2.26. The smallest absolute Gasteiger partial charge is 0.270 e. The number of fused-ring (bicyclic) bond motifs is 1. The van der Waals surface area contributed by atoms with Gasteiger partial charge in [0.25, 0.3) is 5.91 Å². The fourth-order valence-electron chi connectivity index (χ4n) is 4.83. The lowest BCUT2D eigenvalue weighted by Crippen LogP contribution is -2.48. The molecular weight excluding hydrogens is 450 g/mol. The van der Waals surface area contributed by atoms with E-state index in [-0.39, 0.29) is 5.91 Å². The van der Waals surface area contributed by atoms with E-state index in [9.17, 15) is 4.79 Å². The molecule has 0 radical (unpaired) electrons. The summed E-state index contributed by atoms with van der Waals surface area (Å²) >= 11 is 0. The third-order valence-electron chi connectivity index (χ3n) is 6.79. The van der Waals surface area contributed by atoms with Gasteiger partial charge in [-0.2, -0.15) is 0 Å². The van der Waals surface area contributed by atoms with Gasteiger partial charge in [-0.3, -0.25) is 9.69 Å². The van der Waals surface area contributed by atoms with Crippen molar-refractivity contribution in [2.75, 3.05) is 39.9 Å². The normalized spacial score (nSPS) is 14.3. The minimum Gasteiger partial charge on any atom is -0.488 e. The topological polar surface area (TPSA) is 46.9 Å². The van der Waals surface area contributed by atoms with Gasteiger partial charge in [-0.1, -0.05) is 66.7 Å². The lowest BCUT2D eigenvalue weighted by molar-refractivity contribution is 0.0616. The van der Waals surface area contributed by atoms with Crippen molar-refractivity contribution in [3.63, 3.8) is 0 Å². The maximum absolute atomic E-state index is 13.7. The molecule has 36 heavy (non-hydrogen) atoms. The van der Waals surface area contributed by atoms with Gasteiger partial charge in [-0.05, 0) is 29.3 Å². The second-order valence-electron chi connectivity index (χ2n) is 9.19. The summed E-state index contributed by atoms with van der Waals surface area (Å²) < 4.78 is 13.6. The van der Waals surface area contributed by atoms with Crippen molar-refractivity contribution in [2.45, 2.75) is 19.7 Å². The van der Waals surface area contributed by atoms with Gasteiger partial charge in [0.05, 0.1) is 12.1 Å². The predicted molar refractivity (Wildman–Crippen MR) is 142 cm³/mol. The Balaban J connectivity index is 1.34. The zero-order chi connectivity index (χ0) is 24.7. The van der Waals surface area contributed by atoms with Crippen LogP contribution in [0, 0.1) is 0 Å². The first-order valence-electron chi connectivity index (χ1n) is 12.6. The molecule has 6 heteroatoms. The van der Waals surface area contributed by atoms with Gasteiger partial charge in [-0.15, -0.1) is 0 Å². The van der Waals surface area contributed by atoms with Crippen LogP contribution < -0.4 is 4.74 Å². The number of amides is 1. The number of hydrogen-bond acceptors (Lipinski definition) is 4. The number of piperazine rings is 1. The summed E-state index contributed by atoms with van der Waals surface area (Å²) in [6.07, 6.45) is 0. The Kier molecular flexibility index (Phi) is 7.64. The van der Waals surface area contributed by atoms with Gasteiger partial charge >= 0.3 is 0 Å². The maximum Gasteiger partial charge on any atom is 0.270 e. The summed E-state index contributed by atoms with van der Waals surface area (Å²) in [5, 5.41) is 0.954. The molecule has 0 aliphatic carbocycles. The number of benzene rings is 3. The minimum absolute atomic E-state index is 0.0654. The van der Waals surface area contributed by atoms with Crippen LogP contribution in [0.3, 0.4) is 0 Å². The van der Waals surface area contributed by atoms with E-state index in [0.29, 0.717) is 25.5 Å². The summed E-state index contributed by atoms with van der Waals surface area (Å²) in [4.78, 5) is 18.1. The molecule has 0 spiro atoms. The Morgan fingerprint density at radius 1 is 0.833 bits per heavy atom. The zero-order valence-corrected chi connectivity index (χ0v) is 20.8. The Hall–Kier alpha value is -3.61. The van der Waals surface area contributed by atoms with Gasteiger partial charge in [0, 0.05) is 51.8 Å². The first-order chi connectivity index (χ1) is 17.7. The SMILES string of the molecule is COCCn1c(C(=O)N2CCN(Cc3ccccc3)CC2)cc2c(OCc3ccccc3)cccc21. The lowest BCUT2D eigenvalue weighted by atomic mass is 10.2. The standard InChI is InChI=1S/C30H33N3O3/c1-35-20-19-33-27-13-8-14-29(36-23-25-11-6-3-7-12-25)26(27)21-28(33)30(34)32-17-15-31(16-18-32)22-24-9-4-2-5-10-24/h2-14,21H,15-20,22-23H2,1H3. The molecule has 0 bridgehead atoms. The number of rotatable bonds is 9. The van der Waals surface area contributed by atoms with E-state index in [2.05, 4.69) is 51.9 Å². The van der Waals surface area contributed by atoms with Crippen molar-refractivity contribution >= 4 is 16.8 Å². The largest absolute Gasteiger partial charge is 0.488 e. The molecule has 2 heterocycles. The quantitative estimate of drug-likeness (QED) is 0.342. The van der Waals surface area contributed by atoms with Gasteiger partial charge in [0.1, 0.15) is 18.1 Å². The third-order valence-corrected chi connectivity index (χ3v) is 6.79. The highest BCUT2D eigenvalue weighted by molar-refractivity contribution is 6.00. The molecule has 0 saturated carbocycles. The molecular formula is C30H33N3O3. The van der Waals surface area contributed by atoms with Gasteiger partial charge in [-0.25, -0.2) is 0 Å². The highest BCUT2D eigenvalue weighted by Crippen LogP contribution is 2.30. The van der Waals surface area contributed by atoms with Gasteiger partial charge < -0.3 is 18.9 Å². The van der Waals surface area contributed by atoms with Crippen LogP contribution >= 0.6 is 0 Å². The molecule has 3 aromatic carbocycles. The van der Waals surface area contributed by atoms with E-state index in [1.807, 2.05) is 47.4 Å². The second-order valence-corrected chi connectivity index (χ2v) is 9.19. The highest BCUT2D eigenvalue weighted by atomic mass is 16.5. The molecule has 1 aromatic heterocycles. The summed E-state index contributed by atoms with van der Waals surface area (Å²) in [6.45, 7) is 5.70. The van der Waals surface area contributed by atoms with Crippen LogP contribution in [-0.4, -0.2) is 60.2 Å². The molecule has 186 valence electrons. The van der Waals surface area contributed by atoms with Crippen LogP contribution in [0.2, 0.25) is 0 Å². The number of carbonyl (C=O) groups is 1. The number of methoxy groups -OCH3 is 1. The van der Waals surface area contributed by atoms with Crippen LogP contribution in [-0.2, 0) is 24.4 Å². The number of aromatic nitrogens is 1. The van der Waals surface area contributed by atoms with Crippen LogP contribution in [0.5, 0.6) is 5.75 Å². The van der Waals surface area contributed by atoms with E-state index in [0.717, 1.165) is 54.9 Å².